The fourth-order valence-electron chi connectivity index (χ4n) is 5.08. The minimum absolute atomic E-state index is 0.0512. The van der Waals surface area contributed by atoms with E-state index in [1.165, 1.54) is 32.9 Å². The topological polar surface area (TPSA) is 32.0 Å². The number of nitriles is 1. The van der Waals surface area contributed by atoms with Crippen LogP contribution in [0.15, 0.2) is 66.0 Å². The first-order valence-electron chi connectivity index (χ1n) is 12.8. The molecular formula is C33H35N3S. The Morgan fingerprint density at radius 1 is 0.784 bits per heavy atom. The summed E-state index contributed by atoms with van der Waals surface area (Å²) in [7, 11) is 4.11. The number of nitrogens with zero attached hydrogens (tertiary/aromatic N) is 3. The van der Waals surface area contributed by atoms with Crippen LogP contribution in [-0.2, 0) is 10.8 Å². The van der Waals surface area contributed by atoms with Crippen molar-refractivity contribution >= 4 is 38.8 Å². The Kier molecular flexibility index (Phi) is 5.96. The van der Waals surface area contributed by atoms with E-state index in [0.29, 0.717) is 5.56 Å². The van der Waals surface area contributed by atoms with Crippen molar-refractivity contribution in [2.24, 2.45) is 0 Å². The minimum Gasteiger partial charge on any atom is -0.376 e. The standard InChI is InChI=1S/C33H35N3S/c1-32(2,3)22-11-13-27-24(18-22)25-19-23(33(4,5)6)12-14-28(25)36(27)31-26(30-10-9-15-37-30)16-21(20-34)17-29(31)35(7)8/h9-19H,1-8H3. The smallest absolute Gasteiger partial charge is 0.0992 e. The van der Waals surface area contributed by atoms with Crippen molar-refractivity contribution in [3.8, 4) is 22.2 Å². The van der Waals surface area contributed by atoms with Gasteiger partial charge in [0.1, 0.15) is 0 Å². The van der Waals surface area contributed by atoms with Crippen LogP contribution in [0.3, 0.4) is 0 Å². The number of thiophene rings is 1. The van der Waals surface area contributed by atoms with Crippen LogP contribution in [-0.4, -0.2) is 18.7 Å². The first kappa shape index (κ1) is 25.1. The normalized spacial score (nSPS) is 12.3. The summed E-state index contributed by atoms with van der Waals surface area (Å²) in [6.07, 6.45) is 0. The Morgan fingerprint density at radius 2 is 1.35 bits per heavy atom. The van der Waals surface area contributed by atoms with Gasteiger partial charge in [-0.1, -0.05) is 59.7 Å². The Hall–Kier alpha value is -3.55. The average Bonchev–Trinajstić information content (AvgIpc) is 3.48. The summed E-state index contributed by atoms with van der Waals surface area (Å²) in [5.74, 6) is 0. The number of hydrogen-bond donors (Lipinski definition) is 0. The van der Waals surface area contributed by atoms with E-state index in [1.807, 2.05) is 12.1 Å². The third-order valence-electron chi connectivity index (χ3n) is 7.21. The second kappa shape index (κ2) is 8.78. The molecule has 5 aromatic rings. The van der Waals surface area contributed by atoms with Gasteiger partial charge in [0.25, 0.3) is 0 Å². The highest BCUT2D eigenvalue weighted by molar-refractivity contribution is 7.13. The van der Waals surface area contributed by atoms with Gasteiger partial charge in [-0.25, -0.2) is 0 Å². The molecule has 2 aromatic heterocycles. The van der Waals surface area contributed by atoms with Crippen LogP contribution in [0, 0.1) is 11.3 Å². The maximum Gasteiger partial charge on any atom is 0.0992 e. The monoisotopic (exact) mass is 505 g/mol. The zero-order valence-corrected chi connectivity index (χ0v) is 23.9. The van der Waals surface area contributed by atoms with Crippen molar-refractivity contribution in [3.05, 3.63) is 82.7 Å². The first-order valence-corrected chi connectivity index (χ1v) is 13.7. The van der Waals surface area contributed by atoms with E-state index in [4.69, 9.17) is 0 Å². The average molecular weight is 506 g/mol. The van der Waals surface area contributed by atoms with Gasteiger partial charge >= 0.3 is 0 Å². The van der Waals surface area contributed by atoms with E-state index in [9.17, 15) is 5.26 Å². The fraction of sp³-hybridized carbons (Fsp3) is 0.303. The molecule has 0 saturated carbocycles. The van der Waals surface area contributed by atoms with Crippen LogP contribution in [0.5, 0.6) is 0 Å². The second-order valence-corrected chi connectivity index (χ2v) is 13.1. The highest BCUT2D eigenvalue weighted by Gasteiger charge is 2.24. The molecule has 188 valence electrons. The zero-order chi connectivity index (χ0) is 26.7. The van der Waals surface area contributed by atoms with Crippen molar-refractivity contribution < 1.29 is 0 Å². The summed E-state index contributed by atoms with van der Waals surface area (Å²) in [6.45, 7) is 13.6. The third-order valence-corrected chi connectivity index (χ3v) is 8.11. The van der Waals surface area contributed by atoms with Gasteiger partial charge in [-0.2, -0.15) is 5.26 Å². The lowest BCUT2D eigenvalue weighted by molar-refractivity contribution is 0.590. The molecule has 3 nitrogen and oxygen atoms in total. The molecule has 0 bridgehead atoms. The molecule has 0 spiro atoms. The molecule has 3 aromatic carbocycles. The van der Waals surface area contributed by atoms with Crippen molar-refractivity contribution in [3.63, 3.8) is 0 Å². The summed E-state index contributed by atoms with van der Waals surface area (Å²) in [5.41, 5.74) is 9.00. The van der Waals surface area contributed by atoms with Crippen LogP contribution in [0.25, 0.3) is 37.9 Å². The fourth-order valence-corrected chi connectivity index (χ4v) is 5.82. The molecular weight excluding hydrogens is 470 g/mol. The Balaban J connectivity index is 1.99. The quantitative estimate of drug-likeness (QED) is 0.245. The molecule has 0 radical (unpaired) electrons. The number of benzene rings is 3. The summed E-state index contributed by atoms with van der Waals surface area (Å²) in [6, 6.07) is 24.5. The zero-order valence-electron chi connectivity index (χ0n) is 23.1. The third kappa shape index (κ3) is 4.32. The van der Waals surface area contributed by atoms with E-state index in [-0.39, 0.29) is 10.8 Å². The molecule has 4 heteroatoms. The van der Waals surface area contributed by atoms with Gasteiger partial charge in [-0.15, -0.1) is 11.3 Å². The van der Waals surface area contributed by atoms with Crippen LogP contribution < -0.4 is 4.90 Å². The van der Waals surface area contributed by atoms with Crippen molar-refractivity contribution in [1.82, 2.24) is 4.57 Å². The van der Waals surface area contributed by atoms with Crippen LogP contribution >= 0.6 is 11.3 Å². The largest absolute Gasteiger partial charge is 0.376 e. The molecule has 0 saturated heterocycles. The van der Waals surface area contributed by atoms with Crippen LogP contribution in [0.4, 0.5) is 5.69 Å². The van der Waals surface area contributed by atoms with Gasteiger partial charge < -0.3 is 9.47 Å². The number of aromatic nitrogens is 1. The van der Waals surface area contributed by atoms with Gasteiger partial charge in [0.15, 0.2) is 0 Å². The van der Waals surface area contributed by atoms with Gasteiger partial charge in [0.2, 0.25) is 0 Å². The molecule has 0 atom stereocenters. The number of hydrogen-bond acceptors (Lipinski definition) is 3. The SMILES string of the molecule is CN(C)c1cc(C#N)cc(-c2cccs2)c1-n1c2ccc(C(C)(C)C)cc2c2cc(C(C)(C)C)ccc21. The van der Waals surface area contributed by atoms with Gasteiger partial charge in [0, 0.05) is 35.3 Å². The van der Waals surface area contributed by atoms with Gasteiger partial charge in [-0.3, -0.25) is 0 Å². The number of rotatable bonds is 3. The van der Waals surface area contributed by atoms with E-state index in [0.717, 1.165) is 21.8 Å². The molecule has 37 heavy (non-hydrogen) atoms. The summed E-state index contributed by atoms with van der Waals surface area (Å²) < 4.78 is 2.41. The Bertz CT molecular complexity index is 1590. The lowest BCUT2D eigenvalue weighted by Crippen LogP contribution is -2.14. The number of fused-ring (bicyclic) bond motifs is 3. The van der Waals surface area contributed by atoms with Crippen molar-refractivity contribution in [2.45, 2.75) is 52.4 Å². The molecule has 0 unspecified atom stereocenters. The van der Waals surface area contributed by atoms with E-state index >= 15 is 0 Å². The molecule has 0 fully saturated rings. The second-order valence-electron chi connectivity index (χ2n) is 12.2. The van der Waals surface area contributed by atoms with E-state index < -0.39 is 0 Å². The Morgan fingerprint density at radius 3 is 1.78 bits per heavy atom. The van der Waals surface area contributed by atoms with Crippen LogP contribution in [0.2, 0.25) is 0 Å². The summed E-state index contributed by atoms with van der Waals surface area (Å²) in [5, 5.41) is 14.5. The van der Waals surface area contributed by atoms with Crippen molar-refractivity contribution in [2.75, 3.05) is 19.0 Å². The lowest BCUT2D eigenvalue weighted by atomic mass is 9.85. The van der Waals surface area contributed by atoms with Gasteiger partial charge in [0.05, 0.1) is 34.0 Å². The first-order chi connectivity index (χ1) is 17.4. The molecule has 0 aliphatic rings. The molecule has 0 aliphatic heterocycles. The molecule has 0 N–H and O–H groups in total. The molecule has 0 aliphatic carbocycles. The van der Waals surface area contributed by atoms with E-state index in [2.05, 4.69) is 125 Å². The van der Waals surface area contributed by atoms with E-state index in [1.54, 1.807) is 11.3 Å². The molecule has 5 rings (SSSR count). The maximum absolute atomic E-state index is 9.87. The summed E-state index contributed by atoms with van der Waals surface area (Å²) in [4.78, 5) is 3.28. The lowest BCUT2D eigenvalue weighted by Gasteiger charge is -2.24. The highest BCUT2D eigenvalue weighted by atomic mass is 32.1. The summed E-state index contributed by atoms with van der Waals surface area (Å²) >= 11 is 1.71. The maximum atomic E-state index is 9.87. The predicted molar refractivity (Wildman–Crippen MR) is 161 cm³/mol. The predicted octanol–water partition coefficient (Wildman–Crippen LogP) is 9.04. The molecule has 2 heterocycles. The molecule has 0 amide bonds. The van der Waals surface area contributed by atoms with Crippen LogP contribution in [0.1, 0.15) is 58.2 Å². The van der Waals surface area contributed by atoms with Crippen molar-refractivity contribution in [1.29, 1.82) is 5.26 Å². The minimum atomic E-state index is 0.0512. The number of anilines is 1. The van der Waals surface area contributed by atoms with Gasteiger partial charge in [-0.05, 0) is 69.8 Å². The Labute approximate surface area is 224 Å². The highest BCUT2D eigenvalue weighted by Crippen LogP contribution is 2.44.